The molecule has 0 aromatic carbocycles. The summed E-state index contributed by atoms with van der Waals surface area (Å²) < 4.78 is 38.8. The molecule has 0 bridgehead atoms. The van der Waals surface area contributed by atoms with Crippen molar-refractivity contribution >= 4 is 30.7 Å². The van der Waals surface area contributed by atoms with Crippen LogP contribution in [0.2, 0.25) is 0 Å². The van der Waals surface area contributed by atoms with Crippen LogP contribution in [0.25, 0.3) is 5.82 Å². The molecule has 1 fully saturated rings. The number of nitrogens with one attached hydrogen (secondary N) is 1. The van der Waals surface area contributed by atoms with Crippen molar-refractivity contribution in [1.29, 1.82) is 0 Å². The van der Waals surface area contributed by atoms with Crippen LogP contribution in [0.3, 0.4) is 0 Å². The van der Waals surface area contributed by atoms with Crippen LogP contribution >= 0.6 is 24.8 Å². The van der Waals surface area contributed by atoms with E-state index in [1.165, 1.54) is 12.3 Å². The smallest absolute Gasteiger partial charge is 0.348 e. The highest BCUT2D eigenvalue weighted by Crippen LogP contribution is 2.28. The zero-order valence-electron chi connectivity index (χ0n) is 14.0. The third kappa shape index (κ3) is 5.30. The maximum absolute atomic E-state index is 12.5. The Hall–Kier alpha value is -1.91. The Kier molecular flexibility index (Phi) is 8.00. The van der Waals surface area contributed by atoms with E-state index < -0.39 is 11.7 Å². The van der Waals surface area contributed by atoms with Gasteiger partial charge in [0.25, 0.3) is 5.91 Å². The molecule has 1 aliphatic carbocycles. The molecule has 2 heterocycles. The molecule has 12 heteroatoms. The van der Waals surface area contributed by atoms with Gasteiger partial charge < -0.3 is 11.1 Å². The fourth-order valence-corrected chi connectivity index (χ4v) is 2.92. The minimum absolute atomic E-state index is 0. The Morgan fingerprint density at radius 2 is 2.04 bits per heavy atom. The standard InChI is InChI=1S/C15H17F3N6O.2ClH/c16-15(17,18)10-4-5-13(20-7-10)24-8-12(22-23-24)14(25)21-11-3-1-2-9(11)6-19;;/h4-5,7-9,11H,1-3,6,19H2,(H,21,25);2*1H. The maximum atomic E-state index is 12.5. The first kappa shape index (κ1) is 23.1. The quantitative estimate of drug-likeness (QED) is 0.781. The Bertz CT molecular complexity index is 753. The summed E-state index contributed by atoms with van der Waals surface area (Å²) in [5.74, 6) is -0.000614. The van der Waals surface area contributed by atoms with Gasteiger partial charge in [-0.2, -0.15) is 13.2 Å². The maximum Gasteiger partial charge on any atom is 0.417 e. The molecule has 0 radical (unpaired) electrons. The molecule has 0 aliphatic heterocycles. The first-order valence-electron chi connectivity index (χ1n) is 7.85. The molecule has 3 rings (SSSR count). The summed E-state index contributed by atoms with van der Waals surface area (Å²) in [7, 11) is 0. The first-order chi connectivity index (χ1) is 11.9. The second-order valence-corrected chi connectivity index (χ2v) is 5.96. The summed E-state index contributed by atoms with van der Waals surface area (Å²) in [5, 5.41) is 10.4. The number of amides is 1. The van der Waals surface area contributed by atoms with Crippen molar-refractivity contribution in [1.82, 2.24) is 25.3 Å². The van der Waals surface area contributed by atoms with Crippen LogP contribution in [0.1, 0.15) is 35.3 Å². The van der Waals surface area contributed by atoms with Gasteiger partial charge in [-0.1, -0.05) is 11.6 Å². The summed E-state index contributed by atoms with van der Waals surface area (Å²) in [6.45, 7) is 0.507. The fraction of sp³-hybridized carbons (Fsp3) is 0.467. The number of aromatic nitrogens is 4. The van der Waals surface area contributed by atoms with Crippen molar-refractivity contribution in [3.63, 3.8) is 0 Å². The third-order valence-electron chi connectivity index (χ3n) is 4.31. The number of carbonyl (C=O) groups excluding carboxylic acids is 1. The van der Waals surface area contributed by atoms with E-state index >= 15 is 0 Å². The highest BCUT2D eigenvalue weighted by molar-refractivity contribution is 5.92. The number of hydrogen-bond acceptors (Lipinski definition) is 5. The average molecular weight is 427 g/mol. The van der Waals surface area contributed by atoms with Gasteiger partial charge in [0, 0.05) is 12.2 Å². The van der Waals surface area contributed by atoms with E-state index in [0.29, 0.717) is 12.7 Å². The lowest BCUT2D eigenvalue weighted by atomic mass is 10.0. The summed E-state index contributed by atoms with van der Waals surface area (Å²) in [4.78, 5) is 16.0. The molecule has 2 unspecified atom stereocenters. The first-order valence-corrected chi connectivity index (χ1v) is 7.85. The molecule has 0 saturated heterocycles. The molecule has 0 spiro atoms. The Labute approximate surface area is 165 Å². The Morgan fingerprint density at radius 3 is 2.63 bits per heavy atom. The van der Waals surface area contributed by atoms with Crippen molar-refractivity contribution in [2.75, 3.05) is 6.54 Å². The van der Waals surface area contributed by atoms with E-state index in [9.17, 15) is 18.0 Å². The summed E-state index contributed by atoms with van der Waals surface area (Å²) in [5.41, 5.74) is 4.91. The van der Waals surface area contributed by atoms with E-state index in [1.807, 2.05) is 0 Å². The Balaban J connectivity index is 0.00000182. The lowest BCUT2D eigenvalue weighted by molar-refractivity contribution is -0.137. The number of pyridine rings is 1. The lowest BCUT2D eigenvalue weighted by Crippen LogP contribution is -2.40. The molecule has 2 aromatic rings. The van der Waals surface area contributed by atoms with Crippen LogP contribution in [0, 0.1) is 5.92 Å². The Morgan fingerprint density at radius 1 is 1.30 bits per heavy atom. The molecule has 7 nitrogen and oxygen atoms in total. The molecular formula is C15H19Cl2F3N6O. The lowest BCUT2D eigenvalue weighted by Gasteiger charge is -2.18. The molecular weight excluding hydrogens is 408 g/mol. The number of alkyl halides is 3. The van der Waals surface area contributed by atoms with E-state index in [-0.39, 0.29) is 54.2 Å². The summed E-state index contributed by atoms with van der Waals surface area (Å²) in [6, 6.07) is 2.07. The van der Waals surface area contributed by atoms with Crippen LogP contribution in [0.4, 0.5) is 13.2 Å². The van der Waals surface area contributed by atoms with Gasteiger partial charge in [-0.05, 0) is 37.4 Å². The number of nitrogens with two attached hydrogens (primary N) is 1. The zero-order chi connectivity index (χ0) is 18.0. The highest BCUT2D eigenvalue weighted by Gasteiger charge is 2.31. The monoisotopic (exact) mass is 426 g/mol. The van der Waals surface area contributed by atoms with E-state index in [4.69, 9.17) is 5.73 Å². The zero-order valence-corrected chi connectivity index (χ0v) is 15.7. The molecule has 3 N–H and O–H groups in total. The van der Waals surface area contributed by atoms with Gasteiger partial charge in [-0.25, -0.2) is 9.67 Å². The molecule has 1 amide bonds. The molecule has 150 valence electrons. The number of nitrogens with zero attached hydrogens (tertiary/aromatic N) is 4. The molecule has 2 atom stereocenters. The van der Waals surface area contributed by atoms with Gasteiger partial charge >= 0.3 is 6.18 Å². The molecule has 2 aromatic heterocycles. The van der Waals surface area contributed by atoms with E-state index in [0.717, 1.165) is 30.0 Å². The largest absolute Gasteiger partial charge is 0.417 e. The average Bonchev–Trinajstić information content (AvgIpc) is 3.23. The van der Waals surface area contributed by atoms with Crippen LogP contribution < -0.4 is 11.1 Å². The summed E-state index contributed by atoms with van der Waals surface area (Å²) >= 11 is 0. The van der Waals surface area contributed by atoms with Crippen molar-refractivity contribution in [2.45, 2.75) is 31.5 Å². The van der Waals surface area contributed by atoms with Crippen molar-refractivity contribution < 1.29 is 18.0 Å². The second kappa shape index (κ2) is 9.34. The topological polar surface area (TPSA) is 98.7 Å². The van der Waals surface area contributed by atoms with Crippen LogP contribution in [0.5, 0.6) is 0 Å². The van der Waals surface area contributed by atoms with Gasteiger partial charge in [0.1, 0.15) is 0 Å². The van der Waals surface area contributed by atoms with Crippen molar-refractivity contribution in [3.05, 3.63) is 35.8 Å². The van der Waals surface area contributed by atoms with Crippen molar-refractivity contribution in [2.24, 2.45) is 11.7 Å². The number of halogens is 5. The van der Waals surface area contributed by atoms with E-state index in [1.54, 1.807) is 0 Å². The summed E-state index contributed by atoms with van der Waals surface area (Å²) in [6.07, 6.45) is 0.430. The van der Waals surface area contributed by atoms with Gasteiger partial charge in [0.05, 0.1) is 11.8 Å². The number of carbonyl (C=O) groups is 1. The molecule has 27 heavy (non-hydrogen) atoms. The predicted octanol–water partition coefficient (Wildman–Crippen LogP) is 2.38. The van der Waals surface area contributed by atoms with Crippen LogP contribution in [0.15, 0.2) is 24.5 Å². The van der Waals surface area contributed by atoms with Gasteiger partial charge in [-0.3, -0.25) is 4.79 Å². The molecule has 1 saturated carbocycles. The van der Waals surface area contributed by atoms with Gasteiger partial charge in [-0.15, -0.1) is 29.9 Å². The number of hydrogen-bond donors (Lipinski definition) is 2. The number of rotatable bonds is 4. The minimum atomic E-state index is -4.46. The third-order valence-corrected chi connectivity index (χ3v) is 4.31. The highest BCUT2D eigenvalue weighted by atomic mass is 35.5. The van der Waals surface area contributed by atoms with Crippen molar-refractivity contribution in [3.8, 4) is 5.82 Å². The van der Waals surface area contributed by atoms with Crippen LogP contribution in [-0.4, -0.2) is 38.5 Å². The predicted molar refractivity (Wildman–Crippen MR) is 96.3 cm³/mol. The normalized spacial score (nSPS) is 19.1. The second-order valence-electron chi connectivity index (χ2n) is 5.96. The molecule has 1 aliphatic rings. The van der Waals surface area contributed by atoms with E-state index in [2.05, 4.69) is 20.6 Å². The van der Waals surface area contributed by atoms with Crippen LogP contribution in [-0.2, 0) is 6.18 Å². The fourth-order valence-electron chi connectivity index (χ4n) is 2.92. The minimum Gasteiger partial charge on any atom is -0.348 e. The van der Waals surface area contributed by atoms with Gasteiger partial charge in [0.15, 0.2) is 11.5 Å². The SMILES string of the molecule is Cl.Cl.NCC1CCCC1NC(=O)c1cn(-c2ccc(C(F)(F)F)cn2)nn1. The van der Waals surface area contributed by atoms with Gasteiger partial charge in [0.2, 0.25) is 0 Å².